The second kappa shape index (κ2) is 6.45. The summed E-state index contributed by atoms with van der Waals surface area (Å²) in [6, 6.07) is 8.50. The van der Waals surface area contributed by atoms with Crippen LogP contribution in [0.5, 0.6) is 0 Å². The van der Waals surface area contributed by atoms with Crippen LogP contribution in [0.2, 0.25) is 4.34 Å². The van der Waals surface area contributed by atoms with Gasteiger partial charge in [-0.15, -0.1) is 11.3 Å². The van der Waals surface area contributed by atoms with Gasteiger partial charge < -0.3 is 4.42 Å². The summed E-state index contributed by atoms with van der Waals surface area (Å²) >= 11 is 8.86. The Balaban J connectivity index is 1.84. The van der Waals surface area contributed by atoms with E-state index in [0.717, 1.165) is 9.21 Å². The van der Waals surface area contributed by atoms with Crippen LogP contribution in [0.25, 0.3) is 11.1 Å². The van der Waals surface area contributed by atoms with Gasteiger partial charge in [-0.2, -0.15) is 0 Å². The molecule has 0 saturated heterocycles. The van der Waals surface area contributed by atoms with Crippen molar-refractivity contribution in [3.8, 4) is 0 Å². The minimum absolute atomic E-state index is 0.199. The number of benzene rings is 1. The van der Waals surface area contributed by atoms with E-state index in [1.807, 2.05) is 12.1 Å². The fourth-order valence-corrected chi connectivity index (χ4v) is 4.77. The lowest BCUT2D eigenvalue weighted by Gasteiger charge is -2.10. The molecule has 2 aromatic heterocycles. The van der Waals surface area contributed by atoms with E-state index >= 15 is 0 Å². The van der Waals surface area contributed by atoms with Gasteiger partial charge in [0.2, 0.25) is 10.0 Å². The summed E-state index contributed by atoms with van der Waals surface area (Å²) in [6.45, 7) is 0. The van der Waals surface area contributed by atoms with Gasteiger partial charge in [0.25, 0.3) is 5.22 Å². The van der Waals surface area contributed by atoms with Crippen molar-refractivity contribution in [1.82, 2.24) is 9.29 Å². The zero-order chi connectivity index (χ0) is 16.6. The van der Waals surface area contributed by atoms with Crippen LogP contribution in [0.3, 0.4) is 0 Å². The van der Waals surface area contributed by atoms with Gasteiger partial charge >= 0.3 is 0 Å². The lowest BCUT2D eigenvalue weighted by atomic mass is 10.3. The van der Waals surface area contributed by atoms with Crippen molar-refractivity contribution in [2.45, 2.75) is 15.9 Å². The van der Waals surface area contributed by atoms with E-state index < -0.39 is 10.0 Å². The minimum Gasteiger partial charge on any atom is -0.431 e. The summed E-state index contributed by atoms with van der Waals surface area (Å²) in [5, 5.41) is 0.504. The highest BCUT2D eigenvalue weighted by Gasteiger charge is 2.19. The van der Waals surface area contributed by atoms with Crippen LogP contribution in [-0.4, -0.2) is 31.8 Å². The fraction of sp³-hybridized carbons (Fsp3) is 0.214. The molecule has 0 amide bonds. The third-order valence-corrected chi connectivity index (χ3v) is 7.19. The zero-order valence-electron chi connectivity index (χ0n) is 12.3. The first kappa shape index (κ1) is 16.8. The average molecular weight is 389 g/mol. The maximum absolute atomic E-state index is 12.1. The highest BCUT2D eigenvalue weighted by molar-refractivity contribution is 7.98. The van der Waals surface area contributed by atoms with Crippen molar-refractivity contribution in [3.63, 3.8) is 0 Å². The number of thioether (sulfide) groups is 1. The number of hydrogen-bond donors (Lipinski definition) is 0. The third-order valence-electron chi connectivity index (χ3n) is 3.08. The van der Waals surface area contributed by atoms with E-state index in [2.05, 4.69) is 4.98 Å². The number of fused-ring (bicyclic) bond motifs is 1. The smallest absolute Gasteiger partial charge is 0.257 e. The van der Waals surface area contributed by atoms with Crippen molar-refractivity contribution >= 4 is 55.8 Å². The zero-order valence-corrected chi connectivity index (χ0v) is 15.5. The van der Waals surface area contributed by atoms with E-state index in [4.69, 9.17) is 16.0 Å². The van der Waals surface area contributed by atoms with Gasteiger partial charge in [0.05, 0.1) is 9.23 Å². The SMILES string of the molecule is CN(C)S(=O)(=O)c1ccc2oc(SCc3ccc(Cl)s3)nc2c1. The maximum Gasteiger partial charge on any atom is 0.257 e. The summed E-state index contributed by atoms with van der Waals surface area (Å²) in [7, 11) is -0.488. The molecule has 2 heterocycles. The number of sulfonamides is 1. The molecular formula is C14H13ClN2O3S3. The molecule has 1 aromatic carbocycles. The highest BCUT2D eigenvalue weighted by atomic mass is 35.5. The van der Waals surface area contributed by atoms with Crippen molar-refractivity contribution in [1.29, 1.82) is 0 Å². The Bertz CT molecular complexity index is 947. The first-order chi connectivity index (χ1) is 10.9. The Labute approximate surface area is 147 Å². The standard InChI is InChI=1S/C14H13ClN2O3S3/c1-17(2)23(18,19)10-4-5-12-11(7-10)16-14(20-12)21-8-9-3-6-13(15)22-9/h3-7H,8H2,1-2H3. The van der Waals surface area contributed by atoms with Gasteiger partial charge in [-0.1, -0.05) is 23.4 Å². The molecule has 0 N–H and O–H groups in total. The molecule has 0 atom stereocenters. The summed E-state index contributed by atoms with van der Waals surface area (Å²) in [6.07, 6.45) is 0. The first-order valence-electron chi connectivity index (χ1n) is 6.56. The highest BCUT2D eigenvalue weighted by Crippen LogP contribution is 2.31. The molecule has 0 bridgehead atoms. The Morgan fingerprint density at radius 3 is 2.74 bits per heavy atom. The van der Waals surface area contributed by atoms with Crippen LogP contribution in [-0.2, 0) is 15.8 Å². The molecule has 0 aliphatic carbocycles. The number of rotatable bonds is 5. The third kappa shape index (κ3) is 3.56. The molecule has 0 unspecified atom stereocenters. The molecule has 9 heteroatoms. The number of thiophene rings is 1. The van der Waals surface area contributed by atoms with E-state index in [9.17, 15) is 8.42 Å². The number of nitrogens with zero attached hydrogens (tertiary/aromatic N) is 2. The van der Waals surface area contributed by atoms with Crippen LogP contribution in [0.4, 0.5) is 0 Å². The maximum atomic E-state index is 12.1. The molecule has 0 radical (unpaired) electrons. The van der Waals surface area contributed by atoms with Crippen LogP contribution in [0.15, 0.2) is 44.9 Å². The number of aromatic nitrogens is 1. The van der Waals surface area contributed by atoms with E-state index in [-0.39, 0.29) is 4.90 Å². The molecule has 3 rings (SSSR count). The number of hydrogen-bond acceptors (Lipinski definition) is 6. The monoisotopic (exact) mass is 388 g/mol. The Hall–Kier alpha value is -1.06. The Kier molecular flexibility index (Phi) is 4.70. The van der Waals surface area contributed by atoms with E-state index in [1.54, 1.807) is 6.07 Å². The van der Waals surface area contributed by atoms with Gasteiger partial charge in [0, 0.05) is 24.7 Å². The van der Waals surface area contributed by atoms with Crippen molar-refractivity contribution < 1.29 is 12.8 Å². The molecule has 23 heavy (non-hydrogen) atoms. The molecular weight excluding hydrogens is 376 g/mol. The summed E-state index contributed by atoms with van der Waals surface area (Å²) in [5.74, 6) is 0.701. The topological polar surface area (TPSA) is 63.4 Å². The van der Waals surface area contributed by atoms with Gasteiger partial charge in [-0.05, 0) is 30.3 Å². The predicted molar refractivity (Wildman–Crippen MR) is 93.8 cm³/mol. The summed E-state index contributed by atoms with van der Waals surface area (Å²) in [5.41, 5.74) is 1.09. The molecule has 0 aliphatic rings. The molecule has 0 spiro atoms. The second-order valence-corrected chi connectivity index (χ2v) is 9.77. The summed E-state index contributed by atoms with van der Waals surface area (Å²) < 4.78 is 31.9. The quantitative estimate of drug-likeness (QED) is 0.616. The average Bonchev–Trinajstić information content (AvgIpc) is 3.09. The Morgan fingerprint density at radius 1 is 1.30 bits per heavy atom. The Morgan fingerprint density at radius 2 is 2.09 bits per heavy atom. The van der Waals surface area contributed by atoms with Crippen molar-refractivity contribution in [3.05, 3.63) is 39.5 Å². The van der Waals surface area contributed by atoms with E-state index in [1.165, 1.54) is 53.6 Å². The largest absolute Gasteiger partial charge is 0.431 e. The minimum atomic E-state index is -3.48. The van der Waals surface area contributed by atoms with Crippen molar-refractivity contribution in [2.75, 3.05) is 14.1 Å². The van der Waals surface area contributed by atoms with Crippen LogP contribution in [0, 0.1) is 0 Å². The van der Waals surface area contributed by atoms with Crippen LogP contribution >= 0.6 is 34.7 Å². The van der Waals surface area contributed by atoms with Crippen LogP contribution in [0.1, 0.15) is 4.88 Å². The lowest BCUT2D eigenvalue weighted by Crippen LogP contribution is -2.22. The fourth-order valence-electron chi connectivity index (χ4n) is 1.88. The molecule has 5 nitrogen and oxygen atoms in total. The second-order valence-electron chi connectivity index (χ2n) is 4.89. The predicted octanol–water partition coefficient (Wildman–Crippen LogP) is 4.09. The number of oxazole rings is 1. The van der Waals surface area contributed by atoms with E-state index in [0.29, 0.717) is 22.1 Å². The van der Waals surface area contributed by atoms with Gasteiger partial charge in [-0.3, -0.25) is 0 Å². The van der Waals surface area contributed by atoms with Crippen LogP contribution < -0.4 is 0 Å². The summed E-state index contributed by atoms with van der Waals surface area (Å²) in [4.78, 5) is 5.68. The number of halogens is 1. The normalized spacial score (nSPS) is 12.3. The van der Waals surface area contributed by atoms with Gasteiger partial charge in [0.1, 0.15) is 5.52 Å². The molecule has 0 aliphatic heterocycles. The van der Waals surface area contributed by atoms with Gasteiger partial charge in [-0.25, -0.2) is 17.7 Å². The molecule has 122 valence electrons. The first-order valence-corrected chi connectivity index (χ1v) is 10.2. The lowest BCUT2D eigenvalue weighted by molar-refractivity contribution is 0.489. The molecule has 3 aromatic rings. The van der Waals surface area contributed by atoms with Crippen molar-refractivity contribution in [2.24, 2.45) is 0 Å². The molecule has 0 saturated carbocycles. The molecule has 0 fully saturated rings. The van der Waals surface area contributed by atoms with Gasteiger partial charge in [0.15, 0.2) is 5.58 Å².